The number of nitrogens with zero attached hydrogens (tertiary/aromatic N) is 3. The van der Waals surface area contributed by atoms with Crippen LogP contribution in [0.15, 0.2) is 60.3 Å². The SMILES string of the molecule is COc1ccccc1N1CCN(/C=C(/C#N)C(=O)Nc2ccc(Cl)cc2)CC1. The Balaban J connectivity index is 1.62. The lowest BCUT2D eigenvalue weighted by Crippen LogP contribution is -2.44. The van der Waals surface area contributed by atoms with Crippen LogP contribution in [0.25, 0.3) is 0 Å². The Morgan fingerprint density at radius 2 is 1.82 bits per heavy atom. The van der Waals surface area contributed by atoms with Crippen LogP contribution < -0.4 is 15.0 Å². The summed E-state index contributed by atoms with van der Waals surface area (Å²) in [7, 11) is 1.66. The average molecular weight is 397 g/mol. The van der Waals surface area contributed by atoms with Crippen LogP contribution in [0.2, 0.25) is 5.02 Å². The number of hydrogen-bond donors (Lipinski definition) is 1. The van der Waals surface area contributed by atoms with Crippen LogP contribution in [0.4, 0.5) is 11.4 Å². The van der Waals surface area contributed by atoms with E-state index in [0.29, 0.717) is 23.8 Å². The number of halogens is 1. The minimum Gasteiger partial charge on any atom is -0.495 e. The molecule has 0 unspecified atom stereocenters. The minimum absolute atomic E-state index is 0.0701. The molecule has 0 spiro atoms. The Morgan fingerprint density at radius 3 is 2.46 bits per heavy atom. The average Bonchev–Trinajstić information content (AvgIpc) is 2.74. The largest absolute Gasteiger partial charge is 0.495 e. The van der Waals surface area contributed by atoms with E-state index in [4.69, 9.17) is 16.3 Å². The predicted octanol–water partition coefficient (Wildman–Crippen LogP) is 3.52. The lowest BCUT2D eigenvalue weighted by atomic mass is 10.2. The van der Waals surface area contributed by atoms with Gasteiger partial charge in [0.15, 0.2) is 0 Å². The van der Waals surface area contributed by atoms with Gasteiger partial charge in [-0.1, -0.05) is 23.7 Å². The molecule has 1 saturated heterocycles. The lowest BCUT2D eigenvalue weighted by molar-refractivity contribution is -0.112. The molecule has 7 heteroatoms. The Kier molecular flexibility index (Phi) is 6.41. The number of anilines is 2. The molecular weight excluding hydrogens is 376 g/mol. The highest BCUT2D eigenvalue weighted by molar-refractivity contribution is 6.30. The molecule has 1 fully saturated rings. The summed E-state index contributed by atoms with van der Waals surface area (Å²) >= 11 is 5.85. The number of piperazine rings is 1. The van der Waals surface area contributed by atoms with Crippen LogP contribution in [0, 0.1) is 11.3 Å². The van der Waals surface area contributed by atoms with Gasteiger partial charge in [-0.05, 0) is 36.4 Å². The van der Waals surface area contributed by atoms with E-state index in [1.807, 2.05) is 35.2 Å². The smallest absolute Gasteiger partial charge is 0.267 e. The summed E-state index contributed by atoms with van der Waals surface area (Å²) in [6.07, 6.45) is 1.63. The summed E-state index contributed by atoms with van der Waals surface area (Å²) in [5, 5.41) is 12.7. The molecule has 0 aromatic heterocycles. The van der Waals surface area contributed by atoms with Crippen molar-refractivity contribution in [3.8, 4) is 11.8 Å². The third-order valence-electron chi connectivity index (χ3n) is 4.52. The number of hydrogen-bond acceptors (Lipinski definition) is 5. The molecule has 0 saturated carbocycles. The van der Waals surface area contributed by atoms with E-state index < -0.39 is 5.91 Å². The molecule has 0 atom stereocenters. The second kappa shape index (κ2) is 9.16. The van der Waals surface area contributed by atoms with E-state index in [2.05, 4.69) is 10.2 Å². The molecule has 6 nitrogen and oxygen atoms in total. The fourth-order valence-corrected chi connectivity index (χ4v) is 3.16. The van der Waals surface area contributed by atoms with Crippen molar-refractivity contribution in [2.45, 2.75) is 0 Å². The van der Waals surface area contributed by atoms with Crippen LogP contribution >= 0.6 is 11.6 Å². The zero-order chi connectivity index (χ0) is 19.9. The van der Waals surface area contributed by atoms with Gasteiger partial charge in [0.2, 0.25) is 0 Å². The molecule has 1 amide bonds. The normalized spacial score (nSPS) is 14.4. The van der Waals surface area contributed by atoms with E-state index in [1.165, 1.54) is 0 Å². The molecule has 3 rings (SSSR count). The van der Waals surface area contributed by atoms with Crippen molar-refractivity contribution >= 4 is 28.9 Å². The number of nitriles is 1. The van der Waals surface area contributed by atoms with Crippen molar-refractivity contribution in [1.82, 2.24) is 4.90 Å². The first-order valence-corrected chi connectivity index (χ1v) is 9.29. The summed E-state index contributed by atoms with van der Waals surface area (Å²) in [5.74, 6) is 0.406. The number of para-hydroxylation sites is 2. The summed E-state index contributed by atoms with van der Waals surface area (Å²) in [5.41, 5.74) is 1.71. The van der Waals surface area contributed by atoms with Gasteiger partial charge in [-0.3, -0.25) is 4.79 Å². The molecule has 2 aromatic carbocycles. The second-order valence-electron chi connectivity index (χ2n) is 6.31. The van der Waals surface area contributed by atoms with Gasteiger partial charge in [-0.25, -0.2) is 0 Å². The van der Waals surface area contributed by atoms with Gasteiger partial charge < -0.3 is 19.9 Å². The van der Waals surface area contributed by atoms with Gasteiger partial charge in [-0.15, -0.1) is 0 Å². The number of methoxy groups -OCH3 is 1. The number of benzene rings is 2. The Labute approximate surface area is 169 Å². The van der Waals surface area contributed by atoms with Gasteiger partial charge in [0, 0.05) is 43.1 Å². The van der Waals surface area contributed by atoms with Gasteiger partial charge in [-0.2, -0.15) is 5.26 Å². The van der Waals surface area contributed by atoms with E-state index in [9.17, 15) is 10.1 Å². The molecule has 1 aliphatic rings. The monoisotopic (exact) mass is 396 g/mol. The van der Waals surface area contributed by atoms with Crippen molar-refractivity contribution in [3.05, 3.63) is 65.3 Å². The van der Waals surface area contributed by atoms with Crippen LogP contribution in [0.5, 0.6) is 5.75 Å². The summed E-state index contributed by atoms with van der Waals surface area (Å²) in [6, 6.07) is 16.7. The third kappa shape index (κ3) is 4.76. The molecule has 28 heavy (non-hydrogen) atoms. The summed E-state index contributed by atoms with van der Waals surface area (Å²) < 4.78 is 5.43. The number of carbonyl (C=O) groups excluding carboxylic acids is 1. The van der Waals surface area contributed by atoms with Crippen molar-refractivity contribution in [1.29, 1.82) is 5.26 Å². The first-order valence-electron chi connectivity index (χ1n) is 8.91. The first kappa shape index (κ1) is 19.6. The Hall–Kier alpha value is -3.17. The lowest BCUT2D eigenvalue weighted by Gasteiger charge is -2.36. The standard InChI is InChI=1S/C21H21ClN4O2/c1-28-20-5-3-2-4-19(20)26-12-10-25(11-13-26)15-16(14-23)21(27)24-18-8-6-17(22)7-9-18/h2-9,15H,10-13H2,1H3,(H,24,27)/b16-15-. The molecule has 2 aromatic rings. The highest BCUT2D eigenvalue weighted by Crippen LogP contribution is 2.28. The fourth-order valence-electron chi connectivity index (χ4n) is 3.04. The number of rotatable bonds is 5. The zero-order valence-electron chi connectivity index (χ0n) is 15.6. The van der Waals surface area contributed by atoms with E-state index in [-0.39, 0.29) is 5.57 Å². The highest BCUT2D eigenvalue weighted by atomic mass is 35.5. The maximum atomic E-state index is 12.4. The van der Waals surface area contributed by atoms with Crippen molar-refractivity contribution in [2.24, 2.45) is 0 Å². The Morgan fingerprint density at radius 1 is 1.14 bits per heavy atom. The topological polar surface area (TPSA) is 68.6 Å². The van der Waals surface area contributed by atoms with Crippen molar-refractivity contribution in [2.75, 3.05) is 43.5 Å². The molecule has 0 aliphatic carbocycles. The highest BCUT2D eigenvalue weighted by Gasteiger charge is 2.19. The number of amides is 1. The quantitative estimate of drug-likeness (QED) is 0.618. The third-order valence-corrected chi connectivity index (χ3v) is 4.77. The summed E-state index contributed by atoms with van der Waals surface area (Å²) in [4.78, 5) is 16.6. The molecule has 0 bridgehead atoms. The molecular formula is C21H21ClN4O2. The van der Waals surface area contributed by atoms with Crippen LogP contribution in [0.3, 0.4) is 0 Å². The zero-order valence-corrected chi connectivity index (χ0v) is 16.3. The second-order valence-corrected chi connectivity index (χ2v) is 6.75. The number of carbonyl (C=O) groups is 1. The van der Waals surface area contributed by atoms with Gasteiger partial charge in [0.05, 0.1) is 12.8 Å². The van der Waals surface area contributed by atoms with Crippen LogP contribution in [-0.2, 0) is 4.79 Å². The van der Waals surface area contributed by atoms with Crippen LogP contribution in [0.1, 0.15) is 0 Å². The minimum atomic E-state index is -0.433. The molecule has 144 valence electrons. The van der Waals surface area contributed by atoms with E-state index in [0.717, 1.165) is 24.5 Å². The van der Waals surface area contributed by atoms with E-state index in [1.54, 1.807) is 37.6 Å². The van der Waals surface area contributed by atoms with Gasteiger partial charge >= 0.3 is 0 Å². The van der Waals surface area contributed by atoms with E-state index >= 15 is 0 Å². The first-order chi connectivity index (χ1) is 13.6. The molecule has 1 heterocycles. The van der Waals surface area contributed by atoms with Gasteiger partial charge in [0.25, 0.3) is 5.91 Å². The van der Waals surface area contributed by atoms with Gasteiger partial charge in [0.1, 0.15) is 17.4 Å². The van der Waals surface area contributed by atoms with Crippen LogP contribution in [-0.4, -0.2) is 44.1 Å². The fraction of sp³-hybridized carbons (Fsp3) is 0.238. The molecule has 1 aliphatic heterocycles. The number of ether oxygens (including phenoxy) is 1. The predicted molar refractivity (Wildman–Crippen MR) is 111 cm³/mol. The molecule has 0 radical (unpaired) electrons. The Bertz CT molecular complexity index is 897. The maximum absolute atomic E-state index is 12.4. The maximum Gasteiger partial charge on any atom is 0.267 e. The van der Waals surface area contributed by atoms with Crippen molar-refractivity contribution < 1.29 is 9.53 Å². The summed E-state index contributed by atoms with van der Waals surface area (Å²) in [6.45, 7) is 2.96. The van der Waals surface area contributed by atoms with Crippen molar-refractivity contribution in [3.63, 3.8) is 0 Å². The molecule has 1 N–H and O–H groups in total. The number of nitrogens with one attached hydrogen (secondary N) is 1.